The van der Waals surface area contributed by atoms with Crippen molar-refractivity contribution in [3.05, 3.63) is 59.7 Å². The van der Waals surface area contributed by atoms with Gasteiger partial charge in [0, 0.05) is 36.9 Å². The monoisotopic (exact) mass is 474 g/mol. The number of halogens is 2. The molecular formula is C23H24F2N4O3S. The van der Waals surface area contributed by atoms with E-state index in [0.29, 0.717) is 28.6 Å². The van der Waals surface area contributed by atoms with Crippen molar-refractivity contribution in [1.82, 2.24) is 15.4 Å². The van der Waals surface area contributed by atoms with E-state index in [1.54, 1.807) is 25.1 Å². The third kappa shape index (κ3) is 5.02. The summed E-state index contributed by atoms with van der Waals surface area (Å²) in [5.74, 6) is -3.26. The first kappa shape index (κ1) is 23.2. The van der Waals surface area contributed by atoms with Gasteiger partial charge in [0.05, 0.1) is 21.7 Å². The van der Waals surface area contributed by atoms with Gasteiger partial charge >= 0.3 is 0 Å². The predicted molar refractivity (Wildman–Crippen MR) is 121 cm³/mol. The number of sulfonamides is 1. The van der Waals surface area contributed by atoms with Gasteiger partial charge in [0.2, 0.25) is 15.9 Å². The van der Waals surface area contributed by atoms with Crippen LogP contribution in [0.2, 0.25) is 0 Å². The number of nitrogens with zero attached hydrogens (tertiary/aromatic N) is 2. The Labute approximate surface area is 190 Å². The minimum absolute atomic E-state index is 0.0228. The van der Waals surface area contributed by atoms with Gasteiger partial charge < -0.3 is 0 Å². The number of fused-ring (bicyclic) bond motifs is 1. The smallest absolute Gasteiger partial charge is 0.267 e. The number of amides is 1. The summed E-state index contributed by atoms with van der Waals surface area (Å²) in [4.78, 5) is 17.9. The van der Waals surface area contributed by atoms with Gasteiger partial charge in [-0.3, -0.25) is 10.2 Å². The van der Waals surface area contributed by atoms with Crippen LogP contribution in [0.5, 0.6) is 0 Å². The Morgan fingerprint density at radius 1 is 1.12 bits per heavy atom. The van der Waals surface area contributed by atoms with Gasteiger partial charge in [-0.05, 0) is 37.1 Å². The van der Waals surface area contributed by atoms with E-state index in [4.69, 9.17) is 5.14 Å². The normalized spacial score (nSPS) is 17.0. The lowest BCUT2D eigenvalue weighted by atomic mass is 9.99. The molecule has 1 amide bonds. The van der Waals surface area contributed by atoms with Gasteiger partial charge in [-0.15, -0.1) is 0 Å². The molecule has 1 saturated heterocycles. The highest BCUT2D eigenvalue weighted by Crippen LogP contribution is 2.32. The van der Waals surface area contributed by atoms with E-state index >= 15 is 0 Å². The van der Waals surface area contributed by atoms with Crippen molar-refractivity contribution in [1.29, 1.82) is 0 Å². The molecule has 0 unspecified atom stereocenters. The largest absolute Gasteiger partial charge is 0.285 e. The number of aromatic nitrogens is 1. The molecule has 0 saturated carbocycles. The van der Waals surface area contributed by atoms with Crippen molar-refractivity contribution >= 4 is 26.8 Å². The predicted octanol–water partition coefficient (Wildman–Crippen LogP) is 3.62. The van der Waals surface area contributed by atoms with Crippen LogP contribution < -0.4 is 10.6 Å². The zero-order valence-corrected chi connectivity index (χ0v) is 18.8. The molecule has 0 atom stereocenters. The molecule has 0 spiro atoms. The molecule has 1 aliphatic heterocycles. The first-order chi connectivity index (χ1) is 15.5. The van der Waals surface area contributed by atoms with Gasteiger partial charge in [0.15, 0.2) is 0 Å². The molecule has 2 aromatic carbocycles. The lowest BCUT2D eigenvalue weighted by Crippen LogP contribution is -2.43. The number of pyridine rings is 1. The van der Waals surface area contributed by atoms with E-state index in [9.17, 15) is 22.0 Å². The minimum atomic E-state index is -3.98. The second kappa shape index (κ2) is 8.77. The molecule has 1 aromatic heterocycles. The number of carbonyl (C=O) groups excluding carboxylic acids is 1. The fourth-order valence-electron chi connectivity index (χ4n) is 4.05. The minimum Gasteiger partial charge on any atom is -0.285 e. The second-order valence-electron chi connectivity index (χ2n) is 8.19. The molecule has 0 radical (unpaired) electrons. The number of hydrazine groups is 1. The number of hydrogen-bond donors (Lipinski definition) is 2. The lowest BCUT2D eigenvalue weighted by Gasteiger charge is -2.22. The van der Waals surface area contributed by atoms with Crippen LogP contribution in [-0.2, 0) is 10.0 Å². The lowest BCUT2D eigenvalue weighted by molar-refractivity contribution is -0.0143. The molecule has 0 aliphatic carbocycles. The van der Waals surface area contributed by atoms with E-state index in [0.717, 1.165) is 0 Å². The van der Waals surface area contributed by atoms with Gasteiger partial charge in [0.1, 0.15) is 0 Å². The maximum Gasteiger partial charge on any atom is 0.267 e. The number of hydrogen-bond acceptors (Lipinski definition) is 5. The zero-order valence-electron chi connectivity index (χ0n) is 18.0. The summed E-state index contributed by atoms with van der Waals surface area (Å²) >= 11 is 0. The fraction of sp³-hybridized carbons (Fsp3) is 0.304. The van der Waals surface area contributed by atoms with Crippen LogP contribution in [0.15, 0.2) is 53.4 Å². The SMILES string of the molecule is Cc1c(-c2nc3ccccc3cc2C(=O)NN2CCCC(F)(F)CC2)cccc1S(N)(=O)=O. The van der Waals surface area contributed by atoms with Crippen LogP contribution in [0.4, 0.5) is 8.78 Å². The molecule has 7 nitrogen and oxygen atoms in total. The van der Waals surface area contributed by atoms with Gasteiger partial charge in [-0.1, -0.05) is 30.3 Å². The first-order valence-electron chi connectivity index (χ1n) is 10.5. The second-order valence-corrected chi connectivity index (χ2v) is 9.72. The van der Waals surface area contributed by atoms with Crippen LogP contribution in [-0.4, -0.2) is 43.3 Å². The summed E-state index contributed by atoms with van der Waals surface area (Å²) in [6.07, 6.45) is -0.307. The number of carbonyl (C=O) groups is 1. The Hall–Kier alpha value is -2.95. The number of primary sulfonamides is 1. The van der Waals surface area contributed by atoms with E-state index < -0.39 is 21.9 Å². The molecule has 3 N–H and O–H groups in total. The van der Waals surface area contributed by atoms with Crippen LogP contribution in [0.25, 0.3) is 22.2 Å². The summed E-state index contributed by atoms with van der Waals surface area (Å²) in [6.45, 7) is 1.93. The van der Waals surface area contributed by atoms with Crippen molar-refractivity contribution in [3.63, 3.8) is 0 Å². The number of para-hydroxylation sites is 1. The van der Waals surface area contributed by atoms with Crippen molar-refractivity contribution in [2.75, 3.05) is 13.1 Å². The number of nitrogens with two attached hydrogens (primary N) is 1. The summed E-state index contributed by atoms with van der Waals surface area (Å²) in [7, 11) is -3.98. The van der Waals surface area contributed by atoms with Crippen molar-refractivity contribution in [2.24, 2.45) is 5.14 Å². The summed E-state index contributed by atoms with van der Waals surface area (Å²) in [5, 5.41) is 7.57. The van der Waals surface area contributed by atoms with Crippen LogP contribution >= 0.6 is 0 Å². The molecule has 4 rings (SSSR count). The van der Waals surface area contributed by atoms with Crippen molar-refractivity contribution < 1.29 is 22.0 Å². The Balaban J connectivity index is 1.79. The summed E-state index contributed by atoms with van der Waals surface area (Å²) in [6, 6.07) is 13.5. The number of benzene rings is 2. The number of nitrogens with one attached hydrogen (secondary N) is 1. The van der Waals surface area contributed by atoms with Crippen molar-refractivity contribution in [3.8, 4) is 11.3 Å². The highest BCUT2D eigenvalue weighted by atomic mass is 32.2. The van der Waals surface area contributed by atoms with Gasteiger partial charge in [-0.25, -0.2) is 32.3 Å². The van der Waals surface area contributed by atoms with Gasteiger partial charge in [-0.2, -0.15) is 0 Å². The quantitative estimate of drug-likeness (QED) is 0.601. The van der Waals surface area contributed by atoms with E-state index in [1.165, 1.54) is 17.1 Å². The number of rotatable bonds is 4. The van der Waals surface area contributed by atoms with Crippen molar-refractivity contribution in [2.45, 2.75) is 37.0 Å². The van der Waals surface area contributed by atoms with E-state index in [-0.39, 0.29) is 42.0 Å². The Morgan fingerprint density at radius 3 is 2.64 bits per heavy atom. The van der Waals surface area contributed by atoms with Crippen LogP contribution in [0.1, 0.15) is 35.2 Å². The topological polar surface area (TPSA) is 105 Å². The molecule has 10 heteroatoms. The van der Waals surface area contributed by atoms with Crippen LogP contribution in [0.3, 0.4) is 0 Å². The molecule has 1 fully saturated rings. The van der Waals surface area contributed by atoms with E-state index in [2.05, 4.69) is 10.4 Å². The fourth-order valence-corrected chi connectivity index (χ4v) is 4.86. The van der Waals surface area contributed by atoms with E-state index in [1.807, 2.05) is 18.2 Å². The highest BCUT2D eigenvalue weighted by molar-refractivity contribution is 7.89. The van der Waals surface area contributed by atoms with Gasteiger partial charge in [0.25, 0.3) is 5.91 Å². The molecule has 3 aromatic rings. The maximum absolute atomic E-state index is 13.7. The molecule has 0 bridgehead atoms. The third-order valence-electron chi connectivity index (χ3n) is 5.79. The van der Waals surface area contributed by atoms with Crippen LogP contribution in [0, 0.1) is 6.92 Å². The zero-order chi connectivity index (χ0) is 23.8. The average Bonchev–Trinajstić information content (AvgIpc) is 2.92. The highest BCUT2D eigenvalue weighted by Gasteiger charge is 2.32. The number of alkyl halides is 2. The molecule has 33 heavy (non-hydrogen) atoms. The molecule has 1 aliphatic rings. The summed E-state index contributed by atoms with van der Waals surface area (Å²) < 4.78 is 51.5. The molecule has 2 heterocycles. The molecular weight excluding hydrogens is 450 g/mol. The average molecular weight is 475 g/mol. The molecule has 174 valence electrons. The standard InChI is InChI=1S/C23H24F2N4O3S/c1-15-17(7-4-9-20(15)33(26,31)32)21-18(14-16-6-2-3-8-19(16)27-21)22(30)28-29-12-5-10-23(24,25)11-13-29/h2-4,6-9,14H,5,10-13H2,1H3,(H,28,30)(H2,26,31,32). The Kier molecular flexibility index (Phi) is 6.17. The third-order valence-corrected chi connectivity index (χ3v) is 6.85. The summed E-state index contributed by atoms with van der Waals surface area (Å²) in [5.41, 5.74) is 4.66. The Morgan fingerprint density at radius 2 is 1.88 bits per heavy atom. The Bertz CT molecular complexity index is 1330. The first-order valence-corrected chi connectivity index (χ1v) is 12.1. The maximum atomic E-state index is 13.7.